The summed E-state index contributed by atoms with van der Waals surface area (Å²) in [5, 5.41) is 2.93. The van der Waals surface area contributed by atoms with Crippen LogP contribution in [0.25, 0.3) is 6.08 Å². The molecule has 0 aliphatic carbocycles. The van der Waals surface area contributed by atoms with Gasteiger partial charge in [0.05, 0.1) is 14.2 Å². The number of ether oxygens (including phenoxy) is 3. The molecule has 26 heavy (non-hydrogen) atoms. The molecule has 1 amide bonds. The minimum Gasteiger partial charge on any atom is -0.493 e. The van der Waals surface area contributed by atoms with E-state index in [0.717, 1.165) is 18.4 Å². The lowest BCUT2D eigenvalue weighted by molar-refractivity contribution is -0.134. The standard InChI is InChI=1S/C20H29NO5/c1-14(2)6-7-15(3)21-19(22)13-26-17-10-8-16(12-18(17)24-4)9-11-20(23)25-5/h8-12,14-15H,6-7,13H2,1-5H3,(H,21,22)/b11-9+/t15-/m1/s1. The molecular weight excluding hydrogens is 334 g/mol. The Hall–Kier alpha value is -2.50. The summed E-state index contributed by atoms with van der Waals surface area (Å²) < 4.78 is 15.4. The Bertz CT molecular complexity index is 625. The van der Waals surface area contributed by atoms with Gasteiger partial charge in [0.25, 0.3) is 5.91 Å². The van der Waals surface area contributed by atoms with Gasteiger partial charge in [-0.2, -0.15) is 0 Å². The number of methoxy groups -OCH3 is 2. The molecule has 0 radical (unpaired) electrons. The van der Waals surface area contributed by atoms with Crippen molar-refractivity contribution in [3.63, 3.8) is 0 Å². The first-order valence-electron chi connectivity index (χ1n) is 8.72. The van der Waals surface area contributed by atoms with Crippen molar-refractivity contribution in [1.82, 2.24) is 5.32 Å². The van der Waals surface area contributed by atoms with E-state index in [9.17, 15) is 9.59 Å². The molecule has 0 aliphatic heterocycles. The number of nitrogens with one attached hydrogen (secondary N) is 1. The summed E-state index contributed by atoms with van der Waals surface area (Å²) >= 11 is 0. The molecule has 1 rings (SSSR count). The molecule has 0 spiro atoms. The number of esters is 1. The van der Waals surface area contributed by atoms with Crippen molar-refractivity contribution in [2.45, 2.75) is 39.7 Å². The van der Waals surface area contributed by atoms with E-state index in [0.29, 0.717) is 17.4 Å². The van der Waals surface area contributed by atoms with Crippen LogP contribution in [0.3, 0.4) is 0 Å². The number of carbonyl (C=O) groups is 2. The lowest BCUT2D eigenvalue weighted by atomic mass is 10.0. The highest BCUT2D eigenvalue weighted by molar-refractivity contribution is 5.87. The maximum Gasteiger partial charge on any atom is 0.330 e. The van der Waals surface area contributed by atoms with E-state index in [2.05, 4.69) is 23.9 Å². The van der Waals surface area contributed by atoms with Crippen LogP contribution in [0, 0.1) is 5.92 Å². The zero-order chi connectivity index (χ0) is 19.5. The van der Waals surface area contributed by atoms with Crippen LogP contribution in [-0.2, 0) is 14.3 Å². The molecule has 0 fully saturated rings. The van der Waals surface area contributed by atoms with E-state index in [1.165, 1.54) is 20.3 Å². The Morgan fingerprint density at radius 3 is 2.46 bits per heavy atom. The minimum atomic E-state index is -0.437. The van der Waals surface area contributed by atoms with Crippen molar-refractivity contribution in [1.29, 1.82) is 0 Å². The third kappa shape index (κ3) is 8.05. The molecule has 144 valence electrons. The van der Waals surface area contributed by atoms with Crippen LogP contribution in [0.4, 0.5) is 0 Å². The zero-order valence-electron chi connectivity index (χ0n) is 16.2. The maximum absolute atomic E-state index is 12.0. The van der Waals surface area contributed by atoms with Crippen LogP contribution in [0.1, 0.15) is 39.2 Å². The van der Waals surface area contributed by atoms with Crippen molar-refractivity contribution in [3.05, 3.63) is 29.8 Å². The monoisotopic (exact) mass is 363 g/mol. The van der Waals surface area contributed by atoms with Crippen LogP contribution in [-0.4, -0.2) is 38.7 Å². The number of rotatable bonds is 10. The van der Waals surface area contributed by atoms with Crippen molar-refractivity contribution < 1.29 is 23.8 Å². The third-order valence-electron chi connectivity index (χ3n) is 3.74. The molecule has 0 heterocycles. The highest BCUT2D eigenvalue weighted by Gasteiger charge is 2.11. The lowest BCUT2D eigenvalue weighted by Gasteiger charge is -2.16. The SMILES string of the molecule is COC(=O)/C=C/c1ccc(OCC(=O)N[C@H](C)CCC(C)C)c(OC)c1. The topological polar surface area (TPSA) is 73.9 Å². The predicted octanol–water partition coefficient (Wildman–Crippen LogP) is 3.20. The molecule has 0 aromatic heterocycles. The van der Waals surface area contributed by atoms with Gasteiger partial charge in [-0.1, -0.05) is 19.9 Å². The summed E-state index contributed by atoms with van der Waals surface area (Å²) in [5.74, 6) is 0.956. The first-order valence-corrected chi connectivity index (χ1v) is 8.72. The molecular formula is C20H29NO5. The number of hydrogen-bond acceptors (Lipinski definition) is 5. The largest absolute Gasteiger partial charge is 0.493 e. The normalized spacial score (nSPS) is 12.1. The van der Waals surface area contributed by atoms with Gasteiger partial charge in [0.15, 0.2) is 18.1 Å². The van der Waals surface area contributed by atoms with Gasteiger partial charge >= 0.3 is 5.97 Å². The van der Waals surface area contributed by atoms with E-state index in [4.69, 9.17) is 9.47 Å². The second-order valence-corrected chi connectivity index (χ2v) is 6.50. The van der Waals surface area contributed by atoms with Gasteiger partial charge in [0, 0.05) is 12.1 Å². The average molecular weight is 363 g/mol. The Labute approximate surface area is 155 Å². The van der Waals surface area contributed by atoms with Gasteiger partial charge in [0.1, 0.15) is 0 Å². The van der Waals surface area contributed by atoms with Gasteiger partial charge in [-0.3, -0.25) is 4.79 Å². The Morgan fingerprint density at radius 2 is 1.85 bits per heavy atom. The Balaban J connectivity index is 2.59. The summed E-state index contributed by atoms with van der Waals surface area (Å²) in [6.45, 7) is 6.23. The van der Waals surface area contributed by atoms with Gasteiger partial charge in [-0.15, -0.1) is 0 Å². The molecule has 1 atom stereocenters. The van der Waals surface area contributed by atoms with Crippen LogP contribution in [0.5, 0.6) is 11.5 Å². The number of benzene rings is 1. The average Bonchev–Trinajstić information content (AvgIpc) is 2.62. The van der Waals surface area contributed by atoms with Crippen LogP contribution in [0.15, 0.2) is 24.3 Å². The van der Waals surface area contributed by atoms with E-state index in [1.54, 1.807) is 24.3 Å². The van der Waals surface area contributed by atoms with Gasteiger partial charge in [0.2, 0.25) is 0 Å². The number of carbonyl (C=O) groups excluding carboxylic acids is 2. The number of hydrogen-bond donors (Lipinski definition) is 1. The fourth-order valence-electron chi connectivity index (χ4n) is 2.25. The summed E-state index contributed by atoms with van der Waals surface area (Å²) in [6.07, 6.45) is 4.94. The molecule has 6 nitrogen and oxygen atoms in total. The third-order valence-corrected chi connectivity index (χ3v) is 3.74. The Kier molecular flexibility index (Phi) is 9.26. The van der Waals surface area contributed by atoms with Crippen molar-refractivity contribution in [2.75, 3.05) is 20.8 Å². The minimum absolute atomic E-state index is 0.0836. The van der Waals surface area contributed by atoms with E-state index in [1.807, 2.05) is 6.92 Å². The predicted molar refractivity (Wildman–Crippen MR) is 101 cm³/mol. The molecule has 0 aliphatic rings. The highest BCUT2D eigenvalue weighted by Crippen LogP contribution is 2.28. The Morgan fingerprint density at radius 1 is 1.12 bits per heavy atom. The molecule has 1 aromatic rings. The first-order chi connectivity index (χ1) is 12.3. The van der Waals surface area contributed by atoms with Crippen LogP contribution in [0.2, 0.25) is 0 Å². The first kappa shape index (κ1) is 21.5. The quantitative estimate of drug-likeness (QED) is 0.510. The summed E-state index contributed by atoms with van der Waals surface area (Å²) in [4.78, 5) is 23.2. The van der Waals surface area contributed by atoms with Crippen LogP contribution < -0.4 is 14.8 Å². The molecule has 1 aromatic carbocycles. The second-order valence-electron chi connectivity index (χ2n) is 6.50. The molecule has 0 saturated carbocycles. The lowest BCUT2D eigenvalue weighted by Crippen LogP contribution is -2.36. The molecule has 0 bridgehead atoms. The smallest absolute Gasteiger partial charge is 0.330 e. The summed E-state index contributed by atoms with van der Waals surface area (Å²) in [5.41, 5.74) is 0.756. The van der Waals surface area contributed by atoms with Crippen molar-refractivity contribution in [3.8, 4) is 11.5 Å². The second kappa shape index (κ2) is 11.2. The highest BCUT2D eigenvalue weighted by atomic mass is 16.5. The van der Waals surface area contributed by atoms with Gasteiger partial charge in [-0.05, 0) is 49.5 Å². The fraction of sp³-hybridized carbons (Fsp3) is 0.500. The van der Waals surface area contributed by atoms with E-state index >= 15 is 0 Å². The summed E-state index contributed by atoms with van der Waals surface area (Å²) in [6, 6.07) is 5.30. The maximum atomic E-state index is 12.0. The van der Waals surface area contributed by atoms with E-state index < -0.39 is 5.97 Å². The fourth-order valence-corrected chi connectivity index (χ4v) is 2.25. The van der Waals surface area contributed by atoms with Gasteiger partial charge in [-0.25, -0.2) is 4.79 Å². The van der Waals surface area contributed by atoms with E-state index in [-0.39, 0.29) is 18.6 Å². The summed E-state index contributed by atoms with van der Waals surface area (Å²) in [7, 11) is 2.84. The molecule has 0 saturated heterocycles. The van der Waals surface area contributed by atoms with Gasteiger partial charge < -0.3 is 19.5 Å². The molecule has 0 unspecified atom stereocenters. The van der Waals surface area contributed by atoms with Crippen molar-refractivity contribution in [2.24, 2.45) is 5.92 Å². The van der Waals surface area contributed by atoms with Crippen molar-refractivity contribution >= 4 is 18.0 Å². The number of amides is 1. The molecule has 1 N–H and O–H groups in total. The molecule has 6 heteroatoms. The van der Waals surface area contributed by atoms with Crippen LogP contribution >= 0.6 is 0 Å². The zero-order valence-corrected chi connectivity index (χ0v) is 16.2.